The Hall–Kier alpha value is -3.16. The van der Waals surface area contributed by atoms with Gasteiger partial charge in [0, 0.05) is 66.6 Å². The molecule has 1 spiro atoms. The third kappa shape index (κ3) is 5.47. The number of halogens is 2. The summed E-state index contributed by atoms with van der Waals surface area (Å²) in [5, 5.41) is 21.0. The molecule has 0 bridgehead atoms. The highest BCUT2D eigenvalue weighted by molar-refractivity contribution is 6.72. The van der Waals surface area contributed by atoms with Gasteiger partial charge in [-0.15, -0.1) is 5.10 Å². The lowest BCUT2D eigenvalue weighted by Gasteiger charge is -2.31. The van der Waals surface area contributed by atoms with Crippen LogP contribution in [0.25, 0.3) is 0 Å². The van der Waals surface area contributed by atoms with E-state index in [-0.39, 0.29) is 31.5 Å². The average Bonchev–Trinajstić information content (AvgIpc) is 3.62. The van der Waals surface area contributed by atoms with E-state index in [4.69, 9.17) is 16.3 Å². The SMILES string of the molecule is C[C@@H]1[C@@H]([Si](C)(C)F)[C@H](CCn2cc(CCO)nn2)O[C@@]12C(=O)N(Cc1cccc(N3CCNCC3=O)c1)c1ccc(Cl)cc12. The van der Waals surface area contributed by atoms with E-state index in [0.29, 0.717) is 54.4 Å². The normalized spacial score (nSPS) is 25.4. The van der Waals surface area contributed by atoms with E-state index in [0.717, 1.165) is 11.3 Å². The molecule has 4 atom stereocenters. The van der Waals surface area contributed by atoms with E-state index < -0.39 is 31.6 Å². The minimum atomic E-state index is -3.33. The number of piperazine rings is 1. The molecule has 3 aromatic rings. The Labute approximate surface area is 262 Å². The number of amides is 2. The maximum atomic E-state index is 16.1. The van der Waals surface area contributed by atoms with E-state index >= 15 is 4.11 Å². The molecule has 10 nitrogen and oxygen atoms in total. The molecule has 6 rings (SSSR count). The van der Waals surface area contributed by atoms with Gasteiger partial charge in [-0.3, -0.25) is 14.3 Å². The molecule has 234 valence electrons. The van der Waals surface area contributed by atoms with Crippen molar-refractivity contribution in [2.75, 3.05) is 36.0 Å². The summed E-state index contributed by atoms with van der Waals surface area (Å²) in [6.45, 7) is 7.53. The van der Waals surface area contributed by atoms with Crippen molar-refractivity contribution in [3.05, 3.63) is 70.5 Å². The van der Waals surface area contributed by atoms with Gasteiger partial charge in [-0.1, -0.05) is 35.9 Å². The van der Waals surface area contributed by atoms with Crippen LogP contribution in [0.5, 0.6) is 0 Å². The first-order valence-electron chi connectivity index (χ1n) is 15.1. The second-order valence-electron chi connectivity index (χ2n) is 12.5. The highest BCUT2D eigenvalue weighted by Crippen LogP contribution is 2.60. The standard InChI is InChI=1S/C31H38ClFN6O4Si/c1-20-29(44(2,3)33)27(9-12-37-19-23(10-14-40)35-36-37)43-31(20)25-16-22(32)7-8-26(25)39(30(31)42)18-21-5-4-6-24(15-21)38-13-11-34-17-28(38)41/h4-8,15-16,19-20,27,29,34,40H,9-14,17-18H2,1-3H3/t20-,27+,29-,31+/m1/s1. The fraction of sp³-hybridized carbons (Fsp3) is 0.484. The van der Waals surface area contributed by atoms with E-state index in [1.165, 1.54) is 0 Å². The maximum Gasteiger partial charge on any atom is 0.264 e. The Morgan fingerprint density at radius 3 is 2.80 bits per heavy atom. The number of hydrogen-bond acceptors (Lipinski definition) is 7. The first-order chi connectivity index (χ1) is 21.0. The van der Waals surface area contributed by atoms with Gasteiger partial charge >= 0.3 is 0 Å². The van der Waals surface area contributed by atoms with Crippen LogP contribution in [0.4, 0.5) is 15.5 Å². The van der Waals surface area contributed by atoms with Crippen LogP contribution in [-0.4, -0.2) is 72.7 Å². The number of fused-ring (bicyclic) bond motifs is 2. The molecule has 1 aromatic heterocycles. The number of nitrogens with zero attached hydrogens (tertiary/aromatic N) is 5. The van der Waals surface area contributed by atoms with Crippen molar-refractivity contribution < 1.29 is 23.5 Å². The van der Waals surface area contributed by atoms with Crippen LogP contribution < -0.4 is 15.1 Å². The summed E-state index contributed by atoms with van der Waals surface area (Å²) in [7, 11) is -3.33. The topological polar surface area (TPSA) is 113 Å². The second-order valence-corrected chi connectivity index (χ2v) is 16.7. The molecule has 2 fully saturated rings. The predicted molar refractivity (Wildman–Crippen MR) is 168 cm³/mol. The number of aryl methyl sites for hydroxylation is 1. The molecule has 4 heterocycles. The minimum Gasteiger partial charge on any atom is -0.396 e. The molecule has 0 saturated carbocycles. The van der Waals surface area contributed by atoms with Crippen LogP contribution in [0.3, 0.4) is 0 Å². The Bertz CT molecular complexity index is 1570. The molecule has 0 radical (unpaired) electrons. The van der Waals surface area contributed by atoms with Crippen LogP contribution in [0.15, 0.2) is 48.7 Å². The summed E-state index contributed by atoms with van der Waals surface area (Å²) in [6, 6.07) is 13.1. The molecule has 2 N–H and O–H groups in total. The van der Waals surface area contributed by atoms with E-state index in [1.54, 1.807) is 45.9 Å². The van der Waals surface area contributed by atoms with Crippen LogP contribution in [-0.2, 0) is 39.4 Å². The van der Waals surface area contributed by atoms with Crippen molar-refractivity contribution in [1.82, 2.24) is 20.3 Å². The van der Waals surface area contributed by atoms with Crippen molar-refractivity contribution in [3.63, 3.8) is 0 Å². The lowest BCUT2D eigenvalue weighted by atomic mass is 9.82. The number of nitrogens with one attached hydrogen (secondary N) is 1. The summed E-state index contributed by atoms with van der Waals surface area (Å²) in [5.41, 5.74) is 1.84. The zero-order valence-corrected chi connectivity index (χ0v) is 26.9. The summed E-state index contributed by atoms with van der Waals surface area (Å²) < 4.78 is 24.6. The number of hydrogen-bond donors (Lipinski definition) is 2. The minimum absolute atomic E-state index is 0.00312. The second kappa shape index (κ2) is 12.0. The molecule has 2 aromatic carbocycles. The van der Waals surface area contributed by atoms with Gasteiger partial charge in [0.2, 0.25) is 14.3 Å². The average molecular weight is 641 g/mol. The number of carbonyl (C=O) groups excluding carboxylic acids is 2. The number of rotatable bonds is 9. The highest BCUT2D eigenvalue weighted by Gasteiger charge is 2.66. The fourth-order valence-corrected chi connectivity index (χ4v) is 9.98. The van der Waals surface area contributed by atoms with Gasteiger partial charge in [-0.2, -0.15) is 0 Å². The molecule has 0 unspecified atom stereocenters. The number of ether oxygens (including phenoxy) is 1. The predicted octanol–water partition coefficient (Wildman–Crippen LogP) is 3.81. The maximum absolute atomic E-state index is 16.1. The fourth-order valence-electron chi connectivity index (χ4n) is 7.27. The van der Waals surface area contributed by atoms with Crippen molar-refractivity contribution in [2.24, 2.45) is 5.92 Å². The van der Waals surface area contributed by atoms with Gasteiger partial charge in [-0.25, -0.2) is 0 Å². The van der Waals surface area contributed by atoms with E-state index in [2.05, 4.69) is 15.6 Å². The lowest BCUT2D eigenvalue weighted by Crippen LogP contribution is -2.48. The summed E-state index contributed by atoms with van der Waals surface area (Å²) >= 11 is 6.51. The quantitative estimate of drug-likeness (QED) is 0.270. The lowest BCUT2D eigenvalue weighted by molar-refractivity contribution is -0.146. The molecule has 3 aliphatic rings. The number of aromatic nitrogens is 3. The van der Waals surface area contributed by atoms with Crippen LogP contribution in [0.1, 0.15) is 30.2 Å². The van der Waals surface area contributed by atoms with Gasteiger partial charge in [0.25, 0.3) is 5.91 Å². The molecule has 44 heavy (non-hydrogen) atoms. The molecule has 13 heteroatoms. The molecular formula is C31H38ClFN6O4Si. The van der Waals surface area contributed by atoms with Crippen molar-refractivity contribution in [2.45, 2.75) is 63.2 Å². The number of aliphatic hydroxyl groups excluding tert-OH is 1. The largest absolute Gasteiger partial charge is 0.396 e. The van der Waals surface area contributed by atoms with Crippen LogP contribution in [0, 0.1) is 5.92 Å². The third-order valence-corrected chi connectivity index (χ3v) is 11.9. The van der Waals surface area contributed by atoms with Gasteiger partial charge in [0.05, 0.1) is 30.6 Å². The zero-order chi connectivity index (χ0) is 31.2. The van der Waals surface area contributed by atoms with Crippen molar-refractivity contribution >= 4 is 43.2 Å². The van der Waals surface area contributed by atoms with Crippen molar-refractivity contribution in [3.8, 4) is 0 Å². The van der Waals surface area contributed by atoms with Gasteiger partial charge in [0.15, 0.2) is 5.60 Å². The summed E-state index contributed by atoms with van der Waals surface area (Å²) in [6.07, 6.45) is 2.10. The van der Waals surface area contributed by atoms with Crippen LogP contribution >= 0.6 is 11.6 Å². The van der Waals surface area contributed by atoms with E-state index in [1.807, 2.05) is 37.3 Å². The Morgan fingerprint density at radius 1 is 1.23 bits per heavy atom. The smallest absolute Gasteiger partial charge is 0.264 e. The first kappa shape index (κ1) is 30.8. The third-order valence-electron chi connectivity index (χ3n) is 9.17. The molecule has 3 aliphatic heterocycles. The molecule has 0 aliphatic carbocycles. The summed E-state index contributed by atoms with van der Waals surface area (Å²) in [5.74, 6) is -0.676. The summed E-state index contributed by atoms with van der Waals surface area (Å²) in [4.78, 5) is 30.7. The number of carbonyl (C=O) groups is 2. The number of anilines is 2. The van der Waals surface area contributed by atoms with Crippen LogP contribution in [0.2, 0.25) is 23.7 Å². The van der Waals surface area contributed by atoms with Crippen molar-refractivity contribution in [1.29, 1.82) is 0 Å². The Morgan fingerprint density at radius 2 is 2.05 bits per heavy atom. The monoisotopic (exact) mass is 640 g/mol. The number of aliphatic hydroxyl groups is 1. The Kier molecular flexibility index (Phi) is 8.39. The highest BCUT2D eigenvalue weighted by atomic mass is 35.5. The number of benzene rings is 2. The Balaban J connectivity index is 1.32. The first-order valence-corrected chi connectivity index (χ1v) is 18.4. The molecule has 2 saturated heterocycles. The molecular weight excluding hydrogens is 603 g/mol. The van der Waals surface area contributed by atoms with Gasteiger partial charge < -0.3 is 29.1 Å². The van der Waals surface area contributed by atoms with Gasteiger partial charge in [0.1, 0.15) is 0 Å². The zero-order valence-electron chi connectivity index (χ0n) is 25.2. The van der Waals surface area contributed by atoms with E-state index in [9.17, 15) is 14.7 Å². The van der Waals surface area contributed by atoms with Gasteiger partial charge in [-0.05, 0) is 55.4 Å². The molecule has 2 amide bonds.